The van der Waals surface area contributed by atoms with E-state index in [9.17, 15) is 0 Å². The lowest BCUT2D eigenvalue weighted by molar-refractivity contribution is 0.241. The Labute approximate surface area is 111 Å². The molecule has 0 aliphatic rings. The lowest BCUT2D eigenvalue weighted by Gasteiger charge is -2.15. The second kappa shape index (κ2) is 7.37. The number of aromatic nitrogens is 1. The quantitative estimate of drug-likeness (QED) is 0.807. The fourth-order valence-electron chi connectivity index (χ4n) is 1.82. The molecule has 0 radical (unpaired) electrons. The van der Waals surface area contributed by atoms with Gasteiger partial charge in [-0.3, -0.25) is 4.98 Å². The number of hydrogen-bond acceptors (Lipinski definition) is 3. The zero-order chi connectivity index (χ0) is 13.5. The van der Waals surface area contributed by atoms with Crippen LogP contribution in [0.1, 0.15) is 40.2 Å². The second-order valence-corrected chi connectivity index (χ2v) is 5.57. The molecule has 0 aliphatic heterocycles. The number of pyridine rings is 1. The average Bonchev–Trinajstić information content (AvgIpc) is 2.26. The molecule has 0 aliphatic carbocycles. The molecule has 0 saturated carbocycles. The predicted molar refractivity (Wildman–Crippen MR) is 76.0 cm³/mol. The summed E-state index contributed by atoms with van der Waals surface area (Å²) in [5.41, 5.74) is 1.24. The van der Waals surface area contributed by atoms with Crippen LogP contribution in [-0.4, -0.2) is 23.7 Å². The van der Waals surface area contributed by atoms with E-state index >= 15 is 0 Å². The first-order valence-corrected chi connectivity index (χ1v) is 6.81. The highest BCUT2D eigenvalue weighted by Gasteiger charge is 2.06. The van der Waals surface area contributed by atoms with Crippen LogP contribution in [0.3, 0.4) is 0 Å². The molecule has 0 amide bonds. The average molecular weight is 250 g/mol. The second-order valence-electron chi connectivity index (χ2n) is 5.57. The van der Waals surface area contributed by atoms with Gasteiger partial charge in [0.2, 0.25) is 0 Å². The fourth-order valence-corrected chi connectivity index (χ4v) is 1.82. The predicted octanol–water partition coefficient (Wildman–Crippen LogP) is 3.05. The van der Waals surface area contributed by atoms with Crippen LogP contribution in [0.25, 0.3) is 0 Å². The smallest absolute Gasteiger partial charge is 0.138 e. The molecule has 0 fully saturated rings. The molecule has 1 unspecified atom stereocenters. The minimum atomic E-state index is 0.196. The topological polar surface area (TPSA) is 34.2 Å². The van der Waals surface area contributed by atoms with E-state index in [1.165, 1.54) is 5.56 Å². The Balaban J connectivity index is 2.50. The minimum absolute atomic E-state index is 0.196. The molecule has 3 heteroatoms. The Bertz CT molecular complexity index is 350. The third-order valence-corrected chi connectivity index (χ3v) is 2.60. The zero-order valence-electron chi connectivity index (χ0n) is 12.2. The van der Waals surface area contributed by atoms with Gasteiger partial charge in [-0.15, -0.1) is 0 Å². The maximum Gasteiger partial charge on any atom is 0.138 e. The third kappa shape index (κ3) is 6.01. The van der Waals surface area contributed by atoms with Crippen LogP contribution in [0.4, 0.5) is 0 Å². The van der Waals surface area contributed by atoms with E-state index < -0.39 is 0 Å². The number of nitrogens with zero attached hydrogens (tertiary/aromatic N) is 1. The van der Waals surface area contributed by atoms with Crippen molar-refractivity contribution in [2.45, 2.75) is 53.2 Å². The largest absolute Gasteiger partial charge is 0.489 e. The molecule has 1 aromatic rings. The number of nitrogens with one attached hydrogen (secondary N) is 1. The summed E-state index contributed by atoms with van der Waals surface area (Å²) >= 11 is 0. The third-order valence-electron chi connectivity index (χ3n) is 2.60. The summed E-state index contributed by atoms with van der Waals surface area (Å²) in [6.45, 7) is 11.7. The SMILES string of the molecule is CC(CNC(C)C)Cc1cncc(OC(C)C)c1. The van der Waals surface area contributed by atoms with Crippen LogP contribution >= 0.6 is 0 Å². The molecular formula is C15H26N2O. The van der Waals surface area contributed by atoms with Crippen molar-refractivity contribution in [3.05, 3.63) is 24.0 Å². The van der Waals surface area contributed by atoms with Crippen molar-refractivity contribution in [3.63, 3.8) is 0 Å². The molecule has 0 aromatic carbocycles. The Morgan fingerprint density at radius 2 is 1.89 bits per heavy atom. The van der Waals surface area contributed by atoms with E-state index in [2.05, 4.69) is 37.1 Å². The Kier molecular flexibility index (Phi) is 6.13. The highest BCUT2D eigenvalue weighted by atomic mass is 16.5. The number of hydrogen-bond donors (Lipinski definition) is 1. The summed E-state index contributed by atoms with van der Waals surface area (Å²) < 4.78 is 5.66. The van der Waals surface area contributed by atoms with Crippen molar-refractivity contribution < 1.29 is 4.74 Å². The van der Waals surface area contributed by atoms with Crippen molar-refractivity contribution in [1.29, 1.82) is 0 Å². The molecule has 18 heavy (non-hydrogen) atoms. The minimum Gasteiger partial charge on any atom is -0.489 e. The summed E-state index contributed by atoms with van der Waals surface area (Å²) in [7, 11) is 0. The molecule has 1 N–H and O–H groups in total. The normalized spacial score (nSPS) is 13.1. The van der Waals surface area contributed by atoms with Gasteiger partial charge in [-0.25, -0.2) is 0 Å². The molecule has 3 nitrogen and oxygen atoms in total. The fraction of sp³-hybridized carbons (Fsp3) is 0.667. The molecule has 1 rings (SSSR count). The van der Waals surface area contributed by atoms with E-state index in [4.69, 9.17) is 4.74 Å². The molecule has 0 spiro atoms. The first-order chi connectivity index (χ1) is 8.47. The van der Waals surface area contributed by atoms with Crippen LogP contribution in [-0.2, 0) is 6.42 Å². The summed E-state index contributed by atoms with van der Waals surface area (Å²) in [6, 6.07) is 2.64. The highest BCUT2D eigenvalue weighted by Crippen LogP contribution is 2.15. The van der Waals surface area contributed by atoms with Gasteiger partial charge in [0.1, 0.15) is 5.75 Å². The Morgan fingerprint density at radius 3 is 2.50 bits per heavy atom. The van der Waals surface area contributed by atoms with Gasteiger partial charge in [-0.05, 0) is 44.4 Å². The van der Waals surface area contributed by atoms with Crippen molar-refractivity contribution in [2.75, 3.05) is 6.54 Å². The van der Waals surface area contributed by atoms with Crippen LogP contribution in [0.15, 0.2) is 18.5 Å². The van der Waals surface area contributed by atoms with Gasteiger partial charge in [0.15, 0.2) is 0 Å². The number of ether oxygens (including phenoxy) is 1. The van der Waals surface area contributed by atoms with Gasteiger partial charge in [0.25, 0.3) is 0 Å². The van der Waals surface area contributed by atoms with E-state index in [0.717, 1.165) is 18.7 Å². The van der Waals surface area contributed by atoms with Crippen LogP contribution in [0, 0.1) is 5.92 Å². The summed E-state index contributed by atoms with van der Waals surface area (Å²) in [6.07, 6.45) is 4.93. The van der Waals surface area contributed by atoms with E-state index in [1.54, 1.807) is 6.20 Å². The lowest BCUT2D eigenvalue weighted by Crippen LogP contribution is -2.28. The van der Waals surface area contributed by atoms with Gasteiger partial charge in [-0.2, -0.15) is 0 Å². The Morgan fingerprint density at radius 1 is 1.17 bits per heavy atom. The van der Waals surface area contributed by atoms with E-state index in [-0.39, 0.29) is 6.10 Å². The Hall–Kier alpha value is -1.09. The molecule has 1 heterocycles. The standard InChI is InChI=1S/C15H26N2O/c1-11(2)17-8-13(5)6-14-7-15(10-16-9-14)18-12(3)4/h7,9-13,17H,6,8H2,1-5H3. The van der Waals surface area contributed by atoms with Gasteiger partial charge >= 0.3 is 0 Å². The summed E-state index contributed by atoms with van der Waals surface area (Å²) in [5.74, 6) is 1.47. The number of rotatable bonds is 7. The zero-order valence-corrected chi connectivity index (χ0v) is 12.2. The van der Waals surface area contributed by atoms with Gasteiger partial charge in [0, 0.05) is 12.2 Å². The molecule has 0 bridgehead atoms. The van der Waals surface area contributed by atoms with E-state index in [0.29, 0.717) is 12.0 Å². The first-order valence-electron chi connectivity index (χ1n) is 6.81. The van der Waals surface area contributed by atoms with Crippen LogP contribution in [0.5, 0.6) is 5.75 Å². The van der Waals surface area contributed by atoms with Gasteiger partial charge < -0.3 is 10.1 Å². The lowest BCUT2D eigenvalue weighted by atomic mass is 10.0. The van der Waals surface area contributed by atoms with Crippen molar-refractivity contribution in [1.82, 2.24) is 10.3 Å². The van der Waals surface area contributed by atoms with Gasteiger partial charge in [-0.1, -0.05) is 20.8 Å². The molecule has 1 aromatic heterocycles. The van der Waals surface area contributed by atoms with Crippen molar-refractivity contribution in [3.8, 4) is 5.75 Å². The molecule has 0 saturated heterocycles. The van der Waals surface area contributed by atoms with Crippen molar-refractivity contribution >= 4 is 0 Å². The van der Waals surface area contributed by atoms with Crippen LogP contribution < -0.4 is 10.1 Å². The molecule has 102 valence electrons. The monoisotopic (exact) mass is 250 g/mol. The summed E-state index contributed by atoms with van der Waals surface area (Å²) in [5, 5.41) is 3.46. The first kappa shape index (κ1) is 15.0. The molecular weight excluding hydrogens is 224 g/mol. The molecule has 1 atom stereocenters. The maximum atomic E-state index is 5.66. The van der Waals surface area contributed by atoms with Gasteiger partial charge in [0.05, 0.1) is 12.3 Å². The van der Waals surface area contributed by atoms with E-state index in [1.807, 2.05) is 20.0 Å². The summed E-state index contributed by atoms with van der Waals surface area (Å²) in [4.78, 5) is 4.24. The van der Waals surface area contributed by atoms with Crippen molar-refractivity contribution in [2.24, 2.45) is 5.92 Å². The maximum absolute atomic E-state index is 5.66. The highest BCUT2D eigenvalue weighted by molar-refractivity contribution is 5.24. The van der Waals surface area contributed by atoms with Crippen LogP contribution in [0.2, 0.25) is 0 Å².